The molecule has 0 bridgehead atoms. The van der Waals surface area contributed by atoms with E-state index in [2.05, 4.69) is 13.5 Å². The molecule has 6 heavy (non-hydrogen) atoms. The van der Waals surface area contributed by atoms with Crippen molar-refractivity contribution < 1.29 is 0 Å². The van der Waals surface area contributed by atoms with E-state index in [0.29, 0.717) is 0 Å². The van der Waals surface area contributed by atoms with Gasteiger partial charge in [-0.2, -0.15) is 0 Å². The van der Waals surface area contributed by atoms with Crippen molar-refractivity contribution in [2.75, 3.05) is 0 Å². The average molecular weight is 81.1 g/mol. The Morgan fingerprint density at radius 2 is 2.17 bits per heavy atom. The highest BCUT2D eigenvalue weighted by atomic mass is 13.7. The van der Waals surface area contributed by atoms with E-state index in [1.165, 1.54) is 0 Å². The zero-order valence-corrected chi connectivity index (χ0v) is 4.07. The highest BCUT2D eigenvalue weighted by Crippen LogP contribution is 1.84. The van der Waals surface area contributed by atoms with Crippen molar-refractivity contribution in [1.29, 1.82) is 0 Å². The van der Waals surface area contributed by atoms with Gasteiger partial charge < -0.3 is 0 Å². The van der Waals surface area contributed by atoms with Crippen molar-refractivity contribution in [3.8, 4) is 0 Å². The van der Waals surface area contributed by atoms with E-state index in [9.17, 15) is 0 Å². The Labute approximate surface area is 39.2 Å². The van der Waals surface area contributed by atoms with Crippen molar-refractivity contribution in [3.05, 3.63) is 31.2 Å². The van der Waals surface area contributed by atoms with E-state index >= 15 is 0 Å². The SMILES string of the molecule is [CH2]C(=C)/C=C/C. The highest BCUT2D eigenvalue weighted by molar-refractivity contribution is 5.15. The molecule has 0 rings (SSSR count). The fraction of sp³-hybridized carbons (Fsp3) is 0.167. The monoisotopic (exact) mass is 81.1 g/mol. The fourth-order valence-electron chi connectivity index (χ4n) is 0.236. The molecule has 0 heteroatoms. The largest absolute Gasteiger partial charge is 0.0958 e. The van der Waals surface area contributed by atoms with Crippen LogP contribution in [-0.4, -0.2) is 0 Å². The predicted octanol–water partition coefficient (Wildman–Crippen LogP) is 1.95. The van der Waals surface area contributed by atoms with Crippen LogP contribution in [0.2, 0.25) is 0 Å². The molecule has 33 valence electrons. The maximum Gasteiger partial charge on any atom is -0.0244 e. The summed E-state index contributed by atoms with van der Waals surface area (Å²) in [7, 11) is 0. The van der Waals surface area contributed by atoms with Crippen molar-refractivity contribution >= 4 is 0 Å². The number of hydrogen-bond donors (Lipinski definition) is 0. The van der Waals surface area contributed by atoms with Crippen LogP contribution in [0.3, 0.4) is 0 Å². The summed E-state index contributed by atoms with van der Waals surface area (Å²) >= 11 is 0. The summed E-state index contributed by atoms with van der Waals surface area (Å²) in [4.78, 5) is 0. The molecule has 0 aromatic carbocycles. The second-order valence-electron chi connectivity index (χ2n) is 1.16. The number of allylic oxidation sites excluding steroid dienone is 3. The van der Waals surface area contributed by atoms with E-state index in [4.69, 9.17) is 0 Å². The van der Waals surface area contributed by atoms with Gasteiger partial charge in [0.25, 0.3) is 0 Å². The summed E-state index contributed by atoms with van der Waals surface area (Å²) in [5.74, 6) is 0. The van der Waals surface area contributed by atoms with Crippen molar-refractivity contribution in [2.45, 2.75) is 6.92 Å². The molecule has 0 heterocycles. The fourth-order valence-corrected chi connectivity index (χ4v) is 0.236. The van der Waals surface area contributed by atoms with Gasteiger partial charge in [-0.15, -0.1) is 0 Å². The zero-order valence-electron chi connectivity index (χ0n) is 4.07. The second kappa shape index (κ2) is 2.70. The molecule has 0 N–H and O–H groups in total. The predicted molar refractivity (Wildman–Crippen MR) is 29.3 cm³/mol. The zero-order chi connectivity index (χ0) is 4.99. The quantitative estimate of drug-likeness (QED) is 0.423. The van der Waals surface area contributed by atoms with Gasteiger partial charge in [0, 0.05) is 0 Å². The lowest BCUT2D eigenvalue weighted by atomic mass is 10.3. The summed E-state index contributed by atoms with van der Waals surface area (Å²) in [6.07, 6.45) is 3.77. The lowest BCUT2D eigenvalue weighted by Gasteiger charge is -1.75. The van der Waals surface area contributed by atoms with Gasteiger partial charge in [0.05, 0.1) is 0 Å². The Kier molecular flexibility index (Phi) is 2.47. The van der Waals surface area contributed by atoms with Crippen LogP contribution in [0.4, 0.5) is 0 Å². The Hall–Kier alpha value is -0.520. The molecular formula is C6H9. The Morgan fingerprint density at radius 1 is 1.67 bits per heavy atom. The van der Waals surface area contributed by atoms with Gasteiger partial charge >= 0.3 is 0 Å². The molecule has 0 saturated carbocycles. The first-order chi connectivity index (χ1) is 2.77. The molecule has 1 radical (unpaired) electrons. The molecule has 0 amide bonds. The molecule has 0 aliphatic carbocycles. The number of rotatable bonds is 1. The minimum Gasteiger partial charge on any atom is -0.0958 e. The lowest BCUT2D eigenvalue weighted by Crippen LogP contribution is -1.55. The third kappa shape index (κ3) is 3.48. The summed E-state index contributed by atoms with van der Waals surface area (Å²) in [6, 6.07) is 0. The third-order valence-corrected chi connectivity index (χ3v) is 0.402. The van der Waals surface area contributed by atoms with Crippen LogP contribution in [0.25, 0.3) is 0 Å². The molecule has 0 atom stereocenters. The summed E-state index contributed by atoms with van der Waals surface area (Å²) in [5, 5.41) is 0. The van der Waals surface area contributed by atoms with E-state index in [1.54, 1.807) is 0 Å². The molecule has 0 aliphatic heterocycles. The Morgan fingerprint density at radius 3 is 2.17 bits per heavy atom. The highest BCUT2D eigenvalue weighted by Gasteiger charge is 1.64. The summed E-state index contributed by atoms with van der Waals surface area (Å²) in [6.45, 7) is 9.03. The van der Waals surface area contributed by atoms with Crippen LogP contribution in [-0.2, 0) is 0 Å². The van der Waals surface area contributed by atoms with Crippen molar-refractivity contribution in [2.24, 2.45) is 0 Å². The van der Waals surface area contributed by atoms with Crippen LogP contribution in [0.1, 0.15) is 6.92 Å². The minimum absolute atomic E-state index is 0.859. The normalized spacial score (nSPS) is 9.67. The van der Waals surface area contributed by atoms with Crippen LogP contribution in [0.15, 0.2) is 24.3 Å². The standard InChI is InChI=1S/C6H9/c1-4-5-6(2)3/h4-5H,2-3H2,1H3/b5-4+. The van der Waals surface area contributed by atoms with Gasteiger partial charge in [-0.3, -0.25) is 0 Å². The molecule has 0 fully saturated rings. The first-order valence-electron chi connectivity index (χ1n) is 1.91. The maximum atomic E-state index is 3.55. The van der Waals surface area contributed by atoms with E-state index in [-0.39, 0.29) is 0 Å². The molecular weight excluding hydrogens is 72.1 g/mol. The van der Waals surface area contributed by atoms with Gasteiger partial charge in [0.2, 0.25) is 0 Å². The first kappa shape index (κ1) is 5.48. The average Bonchev–Trinajstić information content (AvgIpc) is 1.35. The van der Waals surface area contributed by atoms with Crippen molar-refractivity contribution in [3.63, 3.8) is 0 Å². The van der Waals surface area contributed by atoms with Gasteiger partial charge in [0.15, 0.2) is 0 Å². The van der Waals surface area contributed by atoms with Gasteiger partial charge in [-0.05, 0) is 13.8 Å². The second-order valence-corrected chi connectivity index (χ2v) is 1.16. The summed E-state index contributed by atoms with van der Waals surface area (Å²) < 4.78 is 0. The third-order valence-electron chi connectivity index (χ3n) is 0.402. The number of hydrogen-bond acceptors (Lipinski definition) is 0. The molecule has 0 aromatic heterocycles. The van der Waals surface area contributed by atoms with Crippen LogP contribution >= 0.6 is 0 Å². The Balaban J connectivity index is 3.30. The van der Waals surface area contributed by atoms with Crippen molar-refractivity contribution in [1.82, 2.24) is 0 Å². The van der Waals surface area contributed by atoms with E-state index in [1.807, 2.05) is 19.1 Å². The van der Waals surface area contributed by atoms with Crippen LogP contribution in [0.5, 0.6) is 0 Å². The minimum atomic E-state index is 0.859. The molecule has 0 spiro atoms. The van der Waals surface area contributed by atoms with Gasteiger partial charge in [-0.25, -0.2) is 0 Å². The molecule has 0 saturated heterocycles. The van der Waals surface area contributed by atoms with Gasteiger partial charge in [-0.1, -0.05) is 24.3 Å². The van der Waals surface area contributed by atoms with E-state index in [0.717, 1.165) is 5.57 Å². The molecule has 0 aromatic rings. The molecule has 0 nitrogen and oxygen atoms in total. The molecule has 0 unspecified atom stereocenters. The maximum absolute atomic E-state index is 3.55. The lowest BCUT2D eigenvalue weighted by molar-refractivity contribution is 1.67. The smallest absolute Gasteiger partial charge is 0.0244 e. The topological polar surface area (TPSA) is 0 Å². The van der Waals surface area contributed by atoms with E-state index < -0.39 is 0 Å². The van der Waals surface area contributed by atoms with Gasteiger partial charge in [0.1, 0.15) is 0 Å². The summed E-state index contributed by atoms with van der Waals surface area (Å²) in [5.41, 5.74) is 0.859. The van der Waals surface area contributed by atoms with Crippen LogP contribution in [0, 0.1) is 6.92 Å². The van der Waals surface area contributed by atoms with Crippen LogP contribution < -0.4 is 0 Å². The first-order valence-corrected chi connectivity index (χ1v) is 1.91. The molecule has 0 aliphatic rings. The Bertz CT molecular complexity index is 68.1.